The maximum absolute atomic E-state index is 10.8. The number of hydrogen-bond donors (Lipinski definition) is 4. The number of hydroxylamine groups is 4. The summed E-state index contributed by atoms with van der Waals surface area (Å²) in [4.78, 5) is 106. The SMILES string of the molecule is CC(=O)ON(CCN(OC(C)=O)OC(C)=O)OC(C)=O.O=C(O)CN(CCN(CC(=O)O)CC(=O)O)CC(=O)O. The van der Waals surface area contributed by atoms with Gasteiger partial charge in [0.05, 0.1) is 39.3 Å². The molecule has 0 spiro atoms. The number of carboxylic acids is 4. The Labute approximate surface area is 226 Å². The molecule has 0 amide bonds. The quantitative estimate of drug-likeness (QED) is 0.121. The number of hydrogen-bond acceptors (Lipinski definition) is 16. The van der Waals surface area contributed by atoms with Crippen LogP contribution in [-0.2, 0) is 57.7 Å². The van der Waals surface area contributed by atoms with Crippen molar-refractivity contribution in [2.45, 2.75) is 27.7 Å². The van der Waals surface area contributed by atoms with Gasteiger partial charge in [0, 0.05) is 51.2 Å². The van der Waals surface area contributed by atoms with Crippen molar-refractivity contribution >= 4 is 47.8 Å². The van der Waals surface area contributed by atoms with Crippen LogP contribution in [-0.4, -0.2) is 141 Å². The van der Waals surface area contributed by atoms with Crippen molar-refractivity contribution in [3.8, 4) is 0 Å². The fourth-order valence-corrected chi connectivity index (χ4v) is 2.43. The minimum atomic E-state index is -1.23. The second-order valence-corrected chi connectivity index (χ2v) is 7.44. The molecule has 0 atom stereocenters. The summed E-state index contributed by atoms with van der Waals surface area (Å²) in [6.45, 7) is 1.72. The largest absolute Gasteiger partial charge is 0.480 e. The van der Waals surface area contributed by atoms with E-state index in [9.17, 15) is 38.4 Å². The monoisotopic (exact) mass is 584 g/mol. The van der Waals surface area contributed by atoms with Gasteiger partial charge in [-0.3, -0.25) is 48.2 Å². The van der Waals surface area contributed by atoms with Gasteiger partial charge in [0.15, 0.2) is 0 Å². The topological polar surface area (TPSA) is 267 Å². The van der Waals surface area contributed by atoms with Gasteiger partial charge in [-0.15, -0.1) is 0 Å². The molecule has 0 aliphatic heterocycles. The fourth-order valence-electron chi connectivity index (χ4n) is 2.43. The van der Waals surface area contributed by atoms with Crippen LogP contribution < -0.4 is 0 Å². The molecule has 0 aromatic heterocycles. The van der Waals surface area contributed by atoms with E-state index < -0.39 is 73.9 Å². The van der Waals surface area contributed by atoms with E-state index in [4.69, 9.17) is 20.4 Å². The maximum Gasteiger partial charge on any atom is 0.326 e. The summed E-state index contributed by atoms with van der Waals surface area (Å²) in [5.74, 6) is -7.81. The van der Waals surface area contributed by atoms with Crippen LogP contribution in [0.1, 0.15) is 27.7 Å². The normalized spacial score (nSPS) is 10.4. The summed E-state index contributed by atoms with van der Waals surface area (Å²) in [5, 5.41) is 35.6. The van der Waals surface area contributed by atoms with E-state index in [0.29, 0.717) is 10.5 Å². The summed E-state index contributed by atoms with van der Waals surface area (Å²) in [6.07, 6.45) is 0. The van der Waals surface area contributed by atoms with Crippen LogP contribution in [0.2, 0.25) is 0 Å². The maximum atomic E-state index is 10.8. The Morgan fingerprint density at radius 1 is 0.425 bits per heavy atom. The minimum absolute atomic E-state index is 0.0703. The van der Waals surface area contributed by atoms with Crippen molar-refractivity contribution in [2.24, 2.45) is 0 Å². The average molecular weight is 584 g/mol. The number of rotatable bonds is 18. The van der Waals surface area contributed by atoms with Crippen molar-refractivity contribution in [1.82, 2.24) is 20.3 Å². The van der Waals surface area contributed by atoms with Crippen LogP contribution in [0.4, 0.5) is 0 Å². The molecule has 0 aromatic rings. The first-order valence-corrected chi connectivity index (χ1v) is 11.0. The lowest BCUT2D eigenvalue weighted by Gasteiger charge is -2.23. The van der Waals surface area contributed by atoms with E-state index in [1.54, 1.807) is 0 Å². The number of carboxylic acid groups (broad SMARTS) is 4. The lowest BCUT2D eigenvalue weighted by atomic mass is 10.4. The average Bonchev–Trinajstić information content (AvgIpc) is 2.72. The highest BCUT2D eigenvalue weighted by Crippen LogP contribution is 2.00. The van der Waals surface area contributed by atoms with Gasteiger partial charge in [0.25, 0.3) is 0 Å². The van der Waals surface area contributed by atoms with Gasteiger partial charge in [-0.2, -0.15) is 0 Å². The first-order valence-electron chi connectivity index (χ1n) is 11.0. The van der Waals surface area contributed by atoms with E-state index >= 15 is 0 Å². The Balaban J connectivity index is 0. The summed E-state index contributed by atoms with van der Waals surface area (Å²) >= 11 is 0. The van der Waals surface area contributed by atoms with Gasteiger partial charge in [-0.25, -0.2) is 0 Å². The first kappa shape index (κ1) is 37.8. The van der Waals surface area contributed by atoms with Crippen LogP contribution >= 0.6 is 0 Å². The predicted molar refractivity (Wildman–Crippen MR) is 124 cm³/mol. The molecule has 228 valence electrons. The third-order valence-corrected chi connectivity index (χ3v) is 3.55. The van der Waals surface area contributed by atoms with Gasteiger partial charge < -0.3 is 39.8 Å². The van der Waals surface area contributed by atoms with Crippen LogP contribution in [0.15, 0.2) is 0 Å². The van der Waals surface area contributed by atoms with Gasteiger partial charge in [0.2, 0.25) is 0 Å². The molecule has 0 bridgehead atoms. The highest BCUT2D eigenvalue weighted by molar-refractivity contribution is 5.73. The molecule has 0 radical (unpaired) electrons. The Morgan fingerprint density at radius 3 is 0.775 bits per heavy atom. The van der Waals surface area contributed by atoms with Crippen molar-refractivity contribution in [2.75, 3.05) is 52.4 Å². The van der Waals surface area contributed by atoms with Crippen LogP contribution in [0.3, 0.4) is 0 Å². The van der Waals surface area contributed by atoms with E-state index in [0.717, 1.165) is 37.5 Å². The first-order chi connectivity index (χ1) is 18.4. The molecule has 0 aliphatic carbocycles. The number of aliphatic carboxylic acids is 4. The molecule has 0 heterocycles. The molecule has 0 saturated heterocycles. The van der Waals surface area contributed by atoms with Gasteiger partial charge in [0.1, 0.15) is 0 Å². The predicted octanol–water partition coefficient (Wildman–Crippen LogP) is -2.57. The van der Waals surface area contributed by atoms with Crippen molar-refractivity contribution < 1.29 is 78.1 Å². The molecule has 0 fully saturated rings. The zero-order chi connectivity index (χ0) is 31.4. The van der Waals surface area contributed by atoms with Crippen LogP contribution in [0.5, 0.6) is 0 Å². The van der Waals surface area contributed by atoms with Gasteiger partial charge in [-0.1, -0.05) is 0 Å². The summed E-state index contributed by atoms with van der Waals surface area (Å²) in [7, 11) is 0. The molecule has 0 aromatic carbocycles. The second kappa shape index (κ2) is 20.5. The fraction of sp³-hybridized carbons (Fsp3) is 0.600. The summed E-state index contributed by atoms with van der Waals surface area (Å²) < 4.78 is 0. The molecular weight excluding hydrogens is 552 g/mol. The Kier molecular flexibility index (Phi) is 19.4. The van der Waals surface area contributed by atoms with Crippen LogP contribution in [0.25, 0.3) is 0 Å². The molecule has 0 unspecified atom stereocenters. The molecule has 0 saturated carbocycles. The molecule has 0 aliphatic rings. The second-order valence-electron chi connectivity index (χ2n) is 7.44. The van der Waals surface area contributed by atoms with Crippen molar-refractivity contribution in [3.63, 3.8) is 0 Å². The van der Waals surface area contributed by atoms with Crippen LogP contribution in [0, 0.1) is 0 Å². The number of carbonyl (C=O) groups excluding carboxylic acids is 4. The molecular formula is C20H32N4O16. The van der Waals surface area contributed by atoms with E-state index in [2.05, 4.69) is 19.4 Å². The minimum Gasteiger partial charge on any atom is -0.480 e. The van der Waals surface area contributed by atoms with E-state index in [1.165, 1.54) is 0 Å². The highest BCUT2D eigenvalue weighted by Gasteiger charge is 2.20. The summed E-state index contributed by atoms with van der Waals surface area (Å²) in [5.41, 5.74) is 0. The lowest BCUT2D eigenvalue weighted by Crippen LogP contribution is -2.43. The number of nitrogens with zero attached hydrogens (tertiary/aromatic N) is 4. The third kappa shape index (κ3) is 25.3. The van der Waals surface area contributed by atoms with Crippen molar-refractivity contribution in [3.05, 3.63) is 0 Å². The molecule has 20 nitrogen and oxygen atoms in total. The molecule has 0 rings (SSSR count). The Morgan fingerprint density at radius 2 is 0.625 bits per heavy atom. The van der Waals surface area contributed by atoms with Gasteiger partial charge >= 0.3 is 47.8 Å². The highest BCUT2D eigenvalue weighted by atomic mass is 17.0. The number of carbonyl (C=O) groups is 8. The van der Waals surface area contributed by atoms with Gasteiger partial charge in [-0.05, 0) is 0 Å². The zero-order valence-corrected chi connectivity index (χ0v) is 22.1. The standard InChI is InChI=1S/2C10H16N2O8/c1-7(13)17-11(18-8(2)14)5-6-12(19-9(3)15)20-10(4)16;13-7(14)3-11(4-8(15)16)1-2-12(5-9(17)18)6-10(19)20/h5-6H2,1-4H3;1-6H2,(H,13,14)(H,15,16)(H,17,18)(H,19,20). The molecule has 40 heavy (non-hydrogen) atoms. The zero-order valence-electron chi connectivity index (χ0n) is 22.1. The van der Waals surface area contributed by atoms with Crippen molar-refractivity contribution in [1.29, 1.82) is 0 Å². The molecule has 20 heteroatoms. The summed E-state index contributed by atoms with van der Waals surface area (Å²) in [6, 6.07) is 0. The molecule has 4 N–H and O–H groups in total. The third-order valence-electron chi connectivity index (χ3n) is 3.55. The Hall–Kier alpha value is -4.40. The van der Waals surface area contributed by atoms with E-state index in [1.807, 2.05) is 0 Å². The van der Waals surface area contributed by atoms with E-state index in [-0.39, 0.29) is 26.2 Å². The lowest BCUT2D eigenvalue weighted by molar-refractivity contribution is -0.354. The smallest absolute Gasteiger partial charge is 0.326 e. The Bertz CT molecular complexity index is 703.